The Morgan fingerprint density at radius 2 is 2.31 bits per heavy atom. The molecule has 4 heteroatoms. The van der Waals surface area contributed by atoms with Crippen LogP contribution in [0.4, 0.5) is 0 Å². The van der Waals surface area contributed by atoms with Crippen LogP contribution in [0.25, 0.3) is 0 Å². The summed E-state index contributed by atoms with van der Waals surface area (Å²) >= 11 is 0. The van der Waals surface area contributed by atoms with E-state index in [1.54, 1.807) is 7.11 Å². The molecule has 0 aromatic carbocycles. The van der Waals surface area contributed by atoms with Crippen molar-refractivity contribution in [3.05, 3.63) is 0 Å². The van der Waals surface area contributed by atoms with Crippen molar-refractivity contribution in [2.24, 2.45) is 0 Å². The summed E-state index contributed by atoms with van der Waals surface area (Å²) in [6, 6.07) is 0. The van der Waals surface area contributed by atoms with Gasteiger partial charge in [-0.15, -0.1) is 0 Å². The fourth-order valence-corrected chi connectivity index (χ4v) is 1.84. The molecular formula is C12H25NO3. The quantitative estimate of drug-likeness (QED) is 0.681. The summed E-state index contributed by atoms with van der Waals surface area (Å²) in [4.78, 5) is 0. The molecule has 96 valence electrons. The fraction of sp³-hybridized carbons (Fsp3) is 1.00. The third-order valence-electron chi connectivity index (χ3n) is 2.77. The van der Waals surface area contributed by atoms with Crippen molar-refractivity contribution >= 4 is 0 Å². The normalized spacial score (nSPS) is 23.2. The highest BCUT2D eigenvalue weighted by Gasteiger charge is 2.16. The summed E-state index contributed by atoms with van der Waals surface area (Å²) in [5, 5.41) is 3.28. The van der Waals surface area contributed by atoms with Crippen LogP contribution >= 0.6 is 0 Å². The summed E-state index contributed by atoms with van der Waals surface area (Å²) in [5.41, 5.74) is 0. The summed E-state index contributed by atoms with van der Waals surface area (Å²) in [6.07, 6.45) is 4.00. The molecule has 1 N–H and O–H groups in total. The molecule has 1 heterocycles. The van der Waals surface area contributed by atoms with Crippen LogP contribution < -0.4 is 5.32 Å². The molecule has 0 aliphatic carbocycles. The van der Waals surface area contributed by atoms with Crippen LogP contribution in [0.2, 0.25) is 0 Å². The van der Waals surface area contributed by atoms with E-state index in [9.17, 15) is 0 Å². The SMILES string of the molecule is CCNCC(COC)OCC1CCCCO1. The number of hydrogen-bond donors (Lipinski definition) is 1. The maximum Gasteiger partial charge on any atom is 0.0933 e. The number of nitrogens with one attached hydrogen (secondary N) is 1. The van der Waals surface area contributed by atoms with Gasteiger partial charge in [0.2, 0.25) is 0 Å². The van der Waals surface area contributed by atoms with Crippen molar-refractivity contribution < 1.29 is 14.2 Å². The molecule has 0 amide bonds. The first-order chi connectivity index (χ1) is 7.86. The molecule has 1 saturated heterocycles. The molecule has 0 radical (unpaired) electrons. The van der Waals surface area contributed by atoms with Crippen molar-refractivity contribution in [3.63, 3.8) is 0 Å². The average molecular weight is 231 g/mol. The molecule has 2 atom stereocenters. The van der Waals surface area contributed by atoms with Crippen LogP contribution in [0.5, 0.6) is 0 Å². The molecule has 0 spiro atoms. The molecular weight excluding hydrogens is 206 g/mol. The van der Waals surface area contributed by atoms with Crippen molar-refractivity contribution in [1.29, 1.82) is 0 Å². The van der Waals surface area contributed by atoms with Crippen LogP contribution in [0.1, 0.15) is 26.2 Å². The third-order valence-corrected chi connectivity index (χ3v) is 2.77. The Morgan fingerprint density at radius 3 is 2.94 bits per heavy atom. The number of hydrogen-bond acceptors (Lipinski definition) is 4. The van der Waals surface area contributed by atoms with Gasteiger partial charge in [-0.2, -0.15) is 0 Å². The molecule has 0 bridgehead atoms. The maximum atomic E-state index is 5.81. The molecule has 1 rings (SSSR count). The van der Waals surface area contributed by atoms with Gasteiger partial charge in [-0.3, -0.25) is 0 Å². The standard InChI is InChI=1S/C12H25NO3/c1-3-13-8-12(9-14-2)16-10-11-6-4-5-7-15-11/h11-13H,3-10H2,1-2H3. The van der Waals surface area contributed by atoms with E-state index >= 15 is 0 Å². The van der Waals surface area contributed by atoms with E-state index in [2.05, 4.69) is 12.2 Å². The predicted octanol–water partition coefficient (Wildman–Crippen LogP) is 1.20. The Kier molecular flexibility index (Phi) is 7.76. The van der Waals surface area contributed by atoms with Gasteiger partial charge >= 0.3 is 0 Å². The summed E-state index contributed by atoms with van der Waals surface area (Å²) in [7, 11) is 1.71. The van der Waals surface area contributed by atoms with Gasteiger partial charge in [0, 0.05) is 20.3 Å². The first-order valence-corrected chi connectivity index (χ1v) is 6.29. The highest BCUT2D eigenvalue weighted by atomic mass is 16.6. The molecule has 0 aromatic rings. The topological polar surface area (TPSA) is 39.7 Å². The van der Waals surface area contributed by atoms with E-state index in [1.807, 2.05) is 0 Å². The third kappa shape index (κ3) is 5.80. The first-order valence-electron chi connectivity index (χ1n) is 6.29. The molecule has 0 saturated carbocycles. The predicted molar refractivity (Wildman–Crippen MR) is 63.8 cm³/mol. The van der Waals surface area contributed by atoms with Crippen LogP contribution in [0.15, 0.2) is 0 Å². The van der Waals surface area contributed by atoms with Gasteiger partial charge < -0.3 is 19.5 Å². The van der Waals surface area contributed by atoms with Crippen LogP contribution in [0.3, 0.4) is 0 Å². The van der Waals surface area contributed by atoms with Gasteiger partial charge in [0.1, 0.15) is 0 Å². The molecule has 1 fully saturated rings. The smallest absolute Gasteiger partial charge is 0.0933 e. The number of methoxy groups -OCH3 is 1. The van der Waals surface area contributed by atoms with E-state index in [-0.39, 0.29) is 12.2 Å². The van der Waals surface area contributed by atoms with E-state index in [4.69, 9.17) is 14.2 Å². The van der Waals surface area contributed by atoms with E-state index in [0.29, 0.717) is 13.2 Å². The molecule has 1 aliphatic heterocycles. The zero-order chi connectivity index (χ0) is 11.6. The minimum atomic E-state index is 0.135. The highest BCUT2D eigenvalue weighted by molar-refractivity contribution is 4.66. The van der Waals surface area contributed by atoms with Crippen molar-refractivity contribution in [2.45, 2.75) is 38.4 Å². The van der Waals surface area contributed by atoms with Gasteiger partial charge in [0.05, 0.1) is 25.4 Å². The van der Waals surface area contributed by atoms with E-state index in [1.165, 1.54) is 12.8 Å². The Labute approximate surface area is 98.6 Å². The van der Waals surface area contributed by atoms with Gasteiger partial charge in [-0.1, -0.05) is 6.92 Å². The van der Waals surface area contributed by atoms with Crippen molar-refractivity contribution in [3.8, 4) is 0 Å². The Bertz CT molecular complexity index is 160. The van der Waals surface area contributed by atoms with Gasteiger partial charge in [0.15, 0.2) is 0 Å². The lowest BCUT2D eigenvalue weighted by atomic mass is 10.1. The van der Waals surface area contributed by atoms with Crippen molar-refractivity contribution in [1.82, 2.24) is 5.32 Å². The molecule has 2 unspecified atom stereocenters. The largest absolute Gasteiger partial charge is 0.382 e. The molecule has 16 heavy (non-hydrogen) atoms. The van der Waals surface area contributed by atoms with Crippen LogP contribution in [-0.4, -0.2) is 52.2 Å². The Hall–Kier alpha value is -0.160. The fourth-order valence-electron chi connectivity index (χ4n) is 1.84. The van der Waals surface area contributed by atoms with Gasteiger partial charge in [-0.25, -0.2) is 0 Å². The number of ether oxygens (including phenoxy) is 3. The first kappa shape index (κ1) is 13.9. The lowest BCUT2D eigenvalue weighted by Gasteiger charge is -2.25. The number of rotatable bonds is 8. The zero-order valence-corrected chi connectivity index (χ0v) is 10.5. The van der Waals surface area contributed by atoms with Gasteiger partial charge in [0.25, 0.3) is 0 Å². The van der Waals surface area contributed by atoms with Crippen LogP contribution in [0, 0.1) is 0 Å². The second-order valence-electron chi connectivity index (χ2n) is 4.21. The maximum absolute atomic E-state index is 5.81. The lowest BCUT2D eigenvalue weighted by Crippen LogP contribution is -2.35. The summed E-state index contributed by atoms with van der Waals surface area (Å²) in [6.45, 7) is 6.12. The summed E-state index contributed by atoms with van der Waals surface area (Å²) in [5.74, 6) is 0. The average Bonchev–Trinajstić information content (AvgIpc) is 2.34. The van der Waals surface area contributed by atoms with Gasteiger partial charge in [-0.05, 0) is 25.8 Å². The van der Waals surface area contributed by atoms with E-state index in [0.717, 1.165) is 26.1 Å². The number of likely N-dealkylation sites (N-methyl/N-ethyl adjacent to an activating group) is 1. The second-order valence-corrected chi connectivity index (χ2v) is 4.21. The monoisotopic (exact) mass is 231 g/mol. The minimum Gasteiger partial charge on any atom is -0.382 e. The molecule has 4 nitrogen and oxygen atoms in total. The van der Waals surface area contributed by atoms with E-state index < -0.39 is 0 Å². The second kappa shape index (κ2) is 8.93. The summed E-state index contributed by atoms with van der Waals surface area (Å²) < 4.78 is 16.6. The van der Waals surface area contributed by atoms with Crippen LogP contribution in [-0.2, 0) is 14.2 Å². The molecule has 0 aromatic heterocycles. The minimum absolute atomic E-state index is 0.135. The highest BCUT2D eigenvalue weighted by Crippen LogP contribution is 2.13. The Morgan fingerprint density at radius 1 is 1.44 bits per heavy atom. The molecule has 1 aliphatic rings. The van der Waals surface area contributed by atoms with Crippen molar-refractivity contribution in [2.75, 3.05) is 40.0 Å². The lowest BCUT2D eigenvalue weighted by molar-refractivity contribution is -0.0764. The zero-order valence-electron chi connectivity index (χ0n) is 10.5. The Balaban J connectivity index is 2.14.